The third-order valence-corrected chi connectivity index (χ3v) is 7.86. The van der Waals surface area contributed by atoms with E-state index in [0.29, 0.717) is 16.5 Å². The van der Waals surface area contributed by atoms with Gasteiger partial charge in [0.05, 0.1) is 42.0 Å². The molecule has 0 radical (unpaired) electrons. The van der Waals surface area contributed by atoms with Crippen LogP contribution >= 0.6 is 23.7 Å². The molecule has 188 valence electrons. The summed E-state index contributed by atoms with van der Waals surface area (Å²) in [5.74, 6) is -1.94. The van der Waals surface area contributed by atoms with Gasteiger partial charge < -0.3 is 26.7 Å². The number of hydrogen-bond donors (Lipinski definition) is 5. The molecule has 1 saturated heterocycles. The minimum atomic E-state index is -1.52. The Bertz CT molecular complexity index is 1370. The highest BCUT2D eigenvalue weighted by Crippen LogP contribution is 2.51. The molecular weight excluding hydrogens is 512 g/mol. The van der Waals surface area contributed by atoms with E-state index in [-0.39, 0.29) is 30.1 Å². The minimum absolute atomic E-state index is 0.0566. The lowest BCUT2D eigenvalue weighted by molar-refractivity contribution is -0.667. The fourth-order valence-electron chi connectivity index (χ4n) is 4.17. The molecule has 0 bridgehead atoms. The summed E-state index contributed by atoms with van der Waals surface area (Å²) >= 11 is 2.28. The number of nitrogens with zero attached hydrogens (tertiary/aromatic N) is 6. The Kier molecular flexibility index (Phi) is 5.89. The number of hydrogen-bond acceptors (Lipinski definition) is 12. The number of aromatic nitrogens is 3. The monoisotopic (exact) mass is 533 g/mol. The van der Waals surface area contributed by atoms with Crippen LogP contribution < -0.4 is 26.2 Å². The molecule has 0 saturated carbocycles. The molecule has 15 nitrogen and oxygen atoms in total. The molecule has 2 aromatic heterocycles. The van der Waals surface area contributed by atoms with Gasteiger partial charge in [0.2, 0.25) is 16.7 Å². The highest BCUT2D eigenvalue weighted by molar-refractivity contribution is 8.02. The molecule has 0 spiro atoms. The fraction of sp³-hybridized carbons (Fsp3) is 0.263. The summed E-state index contributed by atoms with van der Waals surface area (Å²) in [6.45, 7) is -0.0566. The SMILES string of the molecule is CON=CC(=O)NC1(N2C=C(N)SN2)S[C@H]2CC(=O)N2C(C(=O)O)=C1C[n+]1ccc(N)n2nccc21. The summed E-state index contributed by atoms with van der Waals surface area (Å²) < 4.78 is 3.20. The molecule has 0 aromatic carbocycles. The number of carbonyl (C=O) groups is 3. The second-order valence-electron chi connectivity index (χ2n) is 7.79. The molecule has 7 N–H and O–H groups in total. The van der Waals surface area contributed by atoms with Crippen molar-refractivity contribution in [2.24, 2.45) is 10.9 Å². The van der Waals surface area contributed by atoms with Crippen LogP contribution in [0.3, 0.4) is 0 Å². The number of nitrogens with one attached hydrogen (secondary N) is 2. The fourth-order valence-corrected chi connectivity index (χ4v) is 6.40. The van der Waals surface area contributed by atoms with E-state index in [2.05, 4.69) is 25.2 Å². The average molecular weight is 534 g/mol. The quantitative estimate of drug-likeness (QED) is 0.0907. The molecule has 5 heterocycles. The number of amides is 2. The summed E-state index contributed by atoms with van der Waals surface area (Å²) in [6, 6.07) is 3.32. The van der Waals surface area contributed by atoms with Crippen molar-refractivity contribution < 1.29 is 28.9 Å². The number of β-lactam (4-membered cyclic amide) rings is 1. The van der Waals surface area contributed by atoms with Crippen molar-refractivity contribution in [2.45, 2.75) is 23.3 Å². The Morgan fingerprint density at radius 1 is 1.47 bits per heavy atom. The van der Waals surface area contributed by atoms with E-state index in [1.807, 2.05) is 0 Å². The highest BCUT2D eigenvalue weighted by atomic mass is 32.2. The molecule has 5 rings (SSSR count). The largest absolute Gasteiger partial charge is 0.477 e. The van der Waals surface area contributed by atoms with Crippen LogP contribution in [0, 0.1) is 0 Å². The summed E-state index contributed by atoms with van der Waals surface area (Å²) in [7, 11) is 1.29. The third-order valence-electron chi connectivity index (χ3n) is 5.69. The zero-order valence-electron chi connectivity index (χ0n) is 18.7. The van der Waals surface area contributed by atoms with Gasteiger partial charge in [-0.2, -0.15) is 4.83 Å². The number of fused-ring (bicyclic) bond motifs is 2. The van der Waals surface area contributed by atoms with Crippen LogP contribution in [0.25, 0.3) is 5.65 Å². The van der Waals surface area contributed by atoms with Crippen molar-refractivity contribution in [1.82, 2.24) is 29.7 Å². The number of carboxylic acids is 1. The number of anilines is 1. The normalized spacial score (nSPS) is 23.6. The number of thioether (sulfide) groups is 1. The van der Waals surface area contributed by atoms with Crippen LogP contribution in [0.4, 0.5) is 5.82 Å². The maximum atomic E-state index is 12.9. The van der Waals surface area contributed by atoms with E-state index >= 15 is 0 Å². The predicted molar refractivity (Wildman–Crippen MR) is 129 cm³/mol. The van der Waals surface area contributed by atoms with Crippen LogP contribution in [0.2, 0.25) is 0 Å². The van der Waals surface area contributed by atoms with Gasteiger partial charge in [-0.1, -0.05) is 26.5 Å². The van der Waals surface area contributed by atoms with Gasteiger partial charge in [-0.25, -0.2) is 9.36 Å². The molecule has 1 unspecified atom stereocenters. The molecule has 17 heteroatoms. The van der Waals surface area contributed by atoms with E-state index < -0.39 is 22.2 Å². The van der Waals surface area contributed by atoms with Crippen LogP contribution in [0.15, 0.2) is 52.2 Å². The first-order valence-corrected chi connectivity index (χ1v) is 12.1. The average Bonchev–Trinajstić information content (AvgIpc) is 3.50. The Balaban J connectivity index is 1.73. The van der Waals surface area contributed by atoms with Gasteiger partial charge in [0, 0.05) is 6.07 Å². The number of carbonyl (C=O) groups excluding carboxylic acids is 2. The molecule has 2 aromatic rings. The zero-order valence-corrected chi connectivity index (χ0v) is 20.3. The molecule has 2 atom stereocenters. The van der Waals surface area contributed by atoms with Crippen molar-refractivity contribution in [1.29, 1.82) is 0 Å². The highest BCUT2D eigenvalue weighted by Gasteiger charge is 2.58. The van der Waals surface area contributed by atoms with E-state index in [4.69, 9.17) is 11.5 Å². The van der Waals surface area contributed by atoms with Crippen LogP contribution in [-0.2, 0) is 25.8 Å². The predicted octanol–water partition coefficient (Wildman–Crippen LogP) is -1.52. The Hall–Kier alpha value is -3.96. The van der Waals surface area contributed by atoms with Crippen molar-refractivity contribution >= 4 is 59.2 Å². The number of nitrogens with two attached hydrogens (primary N) is 2. The molecule has 1 fully saturated rings. The Morgan fingerprint density at radius 2 is 2.28 bits per heavy atom. The third kappa shape index (κ3) is 3.76. The van der Waals surface area contributed by atoms with E-state index in [0.717, 1.165) is 18.2 Å². The molecule has 0 aliphatic carbocycles. The summed E-state index contributed by atoms with van der Waals surface area (Å²) in [5, 5.41) is 22.2. The van der Waals surface area contributed by atoms with Gasteiger partial charge in [0.1, 0.15) is 30.6 Å². The lowest BCUT2D eigenvalue weighted by Crippen LogP contribution is -2.69. The molecule has 3 aliphatic rings. The second kappa shape index (κ2) is 8.92. The van der Waals surface area contributed by atoms with Gasteiger partial charge >= 0.3 is 11.6 Å². The zero-order chi connectivity index (χ0) is 25.6. The van der Waals surface area contributed by atoms with Crippen LogP contribution in [0.1, 0.15) is 6.42 Å². The number of nitrogen functional groups attached to an aromatic ring is 1. The first-order valence-electron chi connectivity index (χ1n) is 10.4. The lowest BCUT2D eigenvalue weighted by atomic mass is 10.0. The van der Waals surface area contributed by atoms with Crippen molar-refractivity contribution in [2.75, 3.05) is 12.8 Å². The van der Waals surface area contributed by atoms with Crippen molar-refractivity contribution in [3.63, 3.8) is 0 Å². The van der Waals surface area contributed by atoms with Gasteiger partial charge in [-0.15, -0.1) is 0 Å². The smallest absolute Gasteiger partial charge is 0.352 e. The number of hydrazine groups is 1. The van der Waals surface area contributed by atoms with Crippen LogP contribution in [0.5, 0.6) is 0 Å². The first kappa shape index (κ1) is 23.8. The van der Waals surface area contributed by atoms with E-state index in [1.165, 1.54) is 33.3 Å². The standard InChI is InChI=1S/C19H20N10O5S2/c1-34-23-7-13(30)24-19(27-9-12(21)36-25-27)10(17(18(32)33)28-15(31)6-16(28)35-19)8-26-5-3-11(20)29-14(26)2-4-22-29/h2-5,7,9,16,20,25H,6,8,21H2,1H3,(H2,24,30,32,33)/p+1/t16-,19?/m0/s1. The summed E-state index contributed by atoms with van der Waals surface area (Å²) in [4.78, 5) is 45.4. The Morgan fingerprint density at radius 3 is 2.94 bits per heavy atom. The second-order valence-corrected chi connectivity index (χ2v) is 10.0. The summed E-state index contributed by atoms with van der Waals surface area (Å²) in [6.07, 6.45) is 5.80. The van der Waals surface area contributed by atoms with Gasteiger partial charge in [0.15, 0.2) is 0 Å². The number of oxime groups is 1. The van der Waals surface area contributed by atoms with Gasteiger partial charge in [0.25, 0.3) is 5.91 Å². The molecule has 3 aliphatic heterocycles. The number of carboxylic acid groups (broad SMARTS) is 1. The lowest BCUT2D eigenvalue weighted by Gasteiger charge is -2.53. The molecular formula is C19H21N10O5S2+. The van der Waals surface area contributed by atoms with Gasteiger partial charge in [-0.3, -0.25) is 19.5 Å². The molecule has 2 amide bonds. The van der Waals surface area contributed by atoms with Crippen molar-refractivity contribution in [3.8, 4) is 0 Å². The van der Waals surface area contributed by atoms with Gasteiger partial charge in [-0.05, 0) is 11.9 Å². The number of rotatable bonds is 7. The maximum absolute atomic E-state index is 12.9. The van der Waals surface area contributed by atoms with E-state index in [1.54, 1.807) is 35.3 Å². The first-order chi connectivity index (χ1) is 17.2. The van der Waals surface area contributed by atoms with Crippen molar-refractivity contribution in [3.05, 3.63) is 47.0 Å². The molecule has 36 heavy (non-hydrogen) atoms. The topological polar surface area (TPSA) is 197 Å². The summed E-state index contributed by atoms with van der Waals surface area (Å²) in [5.41, 5.74) is 12.5. The van der Waals surface area contributed by atoms with E-state index in [9.17, 15) is 19.5 Å². The minimum Gasteiger partial charge on any atom is -0.477 e. The maximum Gasteiger partial charge on any atom is 0.352 e. The Labute approximate surface area is 211 Å². The number of aliphatic carboxylic acids is 1. The van der Waals surface area contributed by atoms with Crippen LogP contribution in [-0.4, -0.2) is 66.1 Å².